The number of aliphatic hydroxyl groups excluding tert-OH is 2. The van der Waals surface area contributed by atoms with Crippen LogP contribution in [0, 0.1) is 0 Å². The average Bonchev–Trinajstić information content (AvgIpc) is 3.66. The highest BCUT2D eigenvalue weighted by Gasteiger charge is 2.45. The Hall–Kier alpha value is -4.52. The SMILES string of the molecule is CC(C)(C)OC(=O)N1CCCC(OC(=O)NS(=O)(=O)OC[C@H]2O[C@@H](n3cnc4c(N)ncnc43)[C@H](O)[C@@H]2O)C1CC(=O)Cn1cnc2cc(Br)c(Cl)cc2c1=O. The van der Waals surface area contributed by atoms with Crippen LogP contribution in [-0.2, 0) is 40.0 Å². The molecule has 56 heavy (non-hydrogen) atoms. The second-order valence-electron chi connectivity index (χ2n) is 14.0. The van der Waals surface area contributed by atoms with Gasteiger partial charge in [0.25, 0.3) is 5.56 Å². The number of aliphatic hydroxyl groups is 2. The molecule has 1 aromatic carbocycles. The number of nitrogens with zero attached hydrogens (tertiary/aromatic N) is 7. The lowest BCUT2D eigenvalue weighted by Gasteiger charge is -2.40. The van der Waals surface area contributed by atoms with Gasteiger partial charge < -0.3 is 35.1 Å². The second-order valence-corrected chi connectivity index (χ2v) is 16.6. The number of halogens is 2. The molecule has 21 nitrogen and oxygen atoms in total. The van der Waals surface area contributed by atoms with E-state index in [1.165, 1.54) is 28.2 Å². The lowest BCUT2D eigenvalue weighted by Crippen LogP contribution is -2.55. The summed E-state index contributed by atoms with van der Waals surface area (Å²) in [5.74, 6) is -0.484. The minimum Gasteiger partial charge on any atom is -0.444 e. The van der Waals surface area contributed by atoms with Crippen molar-refractivity contribution in [3.05, 3.63) is 51.0 Å². The molecule has 2 unspecified atom stereocenters. The van der Waals surface area contributed by atoms with Crippen molar-refractivity contribution in [2.75, 3.05) is 18.9 Å². The third-order valence-corrected chi connectivity index (χ3v) is 10.9. The van der Waals surface area contributed by atoms with Crippen LogP contribution in [0.25, 0.3) is 22.1 Å². The van der Waals surface area contributed by atoms with E-state index in [-0.39, 0.29) is 40.4 Å². The Bertz CT molecular complexity index is 2340. The van der Waals surface area contributed by atoms with Gasteiger partial charge in [-0.1, -0.05) is 11.6 Å². The molecule has 0 radical (unpaired) electrons. The number of nitrogens with two attached hydrogens (primary N) is 1. The number of nitrogen functional groups attached to an aromatic ring is 1. The van der Waals surface area contributed by atoms with Gasteiger partial charge in [0.2, 0.25) is 0 Å². The van der Waals surface area contributed by atoms with Crippen LogP contribution in [0.15, 0.2) is 40.4 Å². The molecule has 3 aromatic heterocycles. The largest absolute Gasteiger partial charge is 0.444 e. The van der Waals surface area contributed by atoms with Crippen LogP contribution in [0.5, 0.6) is 0 Å². The first-order valence-electron chi connectivity index (χ1n) is 17.0. The van der Waals surface area contributed by atoms with E-state index in [1.54, 1.807) is 31.6 Å². The Labute approximate surface area is 331 Å². The van der Waals surface area contributed by atoms with Gasteiger partial charge >= 0.3 is 22.5 Å². The van der Waals surface area contributed by atoms with Crippen molar-refractivity contribution >= 4 is 83.7 Å². The number of rotatable bonds is 10. The van der Waals surface area contributed by atoms with E-state index in [1.807, 2.05) is 0 Å². The molecule has 5 N–H and O–H groups in total. The number of fused-ring (bicyclic) bond motifs is 2. The number of likely N-dealkylation sites (tertiary alicyclic amines) is 1. The van der Waals surface area contributed by atoms with E-state index >= 15 is 0 Å². The summed E-state index contributed by atoms with van der Waals surface area (Å²) in [6.45, 7) is 3.75. The molecular weight excluding hydrogens is 850 g/mol. The van der Waals surface area contributed by atoms with Gasteiger partial charge in [0.1, 0.15) is 41.9 Å². The predicted molar refractivity (Wildman–Crippen MR) is 198 cm³/mol. The normalized spacial score (nSPS) is 23.0. The summed E-state index contributed by atoms with van der Waals surface area (Å²) in [5, 5.41) is 21.7. The third-order valence-electron chi connectivity index (χ3n) is 8.85. The molecule has 2 amide bonds. The quantitative estimate of drug-likeness (QED) is 0.176. The molecular formula is C32H37BrClN9O12S. The number of hydrogen-bond donors (Lipinski definition) is 4. The smallest absolute Gasteiger partial charge is 0.423 e. The molecule has 0 spiro atoms. The summed E-state index contributed by atoms with van der Waals surface area (Å²) in [6.07, 6.45) is -5.79. The Morgan fingerprint density at radius 1 is 1.12 bits per heavy atom. The second kappa shape index (κ2) is 16.1. The van der Waals surface area contributed by atoms with Gasteiger partial charge in [0.15, 0.2) is 23.5 Å². The highest BCUT2D eigenvalue weighted by Crippen LogP contribution is 2.33. The van der Waals surface area contributed by atoms with Crippen LogP contribution in [0.2, 0.25) is 5.02 Å². The average molecular weight is 887 g/mol. The monoisotopic (exact) mass is 885 g/mol. The molecule has 2 fully saturated rings. The van der Waals surface area contributed by atoms with E-state index in [4.69, 9.17) is 35.7 Å². The Morgan fingerprint density at radius 3 is 2.61 bits per heavy atom. The van der Waals surface area contributed by atoms with Crippen molar-refractivity contribution in [2.45, 2.75) is 88.9 Å². The third kappa shape index (κ3) is 9.03. The number of carbonyl (C=O) groups is 3. The van der Waals surface area contributed by atoms with Crippen LogP contribution in [0.3, 0.4) is 0 Å². The van der Waals surface area contributed by atoms with Gasteiger partial charge in [-0.15, -0.1) is 0 Å². The van der Waals surface area contributed by atoms with Gasteiger partial charge in [-0.25, -0.2) is 29.5 Å². The molecule has 302 valence electrons. The highest BCUT2D eigenvalue weighted by atomic mass is 79.9. The number of ketones is 1. The molecule has 2 saturated heterocycles. The topological polar surface area (TPSA) is 283 Å². The van der Waals surface area contributed by atoms with Crippen LogP contribution in [-0.4, -0.2) is 120 Å². The molecule has 2 aliphatic heterocycles. The lowest BCUT2D eigenvalue weighted by molar-refractivity contribution is -0.122. The van der Waals surface area contributed by atoms with Gasteiger partial charge in [0.05, 0.1) is 47.8 Å². The van der Waals surface area contributed by atoms with Crippen LogP contribution < -0.4 is 16.0 Å². The maximum absolute atomic E-state index is 13.5. The Balaban J connectivity index is 1.12. The predicted octanol–water partition coefficient (Wildman–Crippen LogP) is 1.57. The van der Waals surface area contributed by atoms with Crippen molar-refractivity contribution in [3.8, 4) is 0 Å². The van der Waals surface area contributed by atoms with Crippen molar-refractivity contribution < 1.29 is 51.4 Å². The number of Topliss-reactive ketones (excluding diaryl/α,β-unsaturated/α-hetero) is 1. The van der Waals surface area contributed by atoms with E-state index in [9.17, 15) is 37.8 Å². The molecule has 6 atom stereocenters. The van der Waals surface area contributed by atoms with Crippen molar-refractivity contribution in [1.82, 2.24) is 38.7 Å². The molecule has 0 aliphatic carbocycles. The maximum Gasteiger partial charge on any atom is 0.423 e. The number of aromatic nitrogens is 6. The number of piperidine rings is 1. The zero-order valence-electron chi connectivity index (χ0n) is 29.9. The van der Waals surface area contributed by atoms with Gasteiger partial charge in [0, 0.05) is 17.4 Å². The fraction of sp³-hybridized carbons (Fsp3) is 0.500. The zero-order valence-corrected chi connectivity index (χ0v) is 33.1. The van der Waals surface area contributed by atoms with E-state index < -0.39 is 95.7 Å². The summed E-state index contributed by atoms with van der Waals surface area (Å²) in [6, 6.07) is 1.85. The summed E-state index contributed by atoms with van der Waals surface area (Å²) in [7, 11) is -4.92. The minimum atomic E-state index is -4.92. The molecule has 0 bridgehead atoms. The van der Waals surface area contributed by atoms with E-state index in [0.717, 1.165) is 10.9 Å². The standard InChI is InChI=1S/C32H37BrClN9O12S/c1-32(2,3)55-31(49)42-6-4-5-21(20(42)7-15(44)10-41-13-38-19-9-17(33)18(34)8-16(19)28(41)47)54-30(48)40-56(50,51)52-11-22-24(45)25(46)29(53-22)43-14-39-23-26(35)36-12-37-27(23)43/h8-9,12-14,20-22,24-25,29,45-46H,4-7,10-11H2,1-3H3,(H,40,48)(H2,35,36,37)/t20?,21?,22-,24-,25-,29-/m1/s1. The minimum absolute atomic E-state index is 0.0599. The first-order valence-corrected chi connectivity index (χ1v) is 19.6. The summed E-state index contributed by atoms with van der Waals surface area (Å²) in [5.41, 5.74) is 5.07. The van der Waals surface area contributed by atoms with Gasteiger partial charge in [-0.05, 0) is 61.7 Å². The Morgan fingerprint density at radius 2 is 1.88 bits per heavy atom. The number of benzene rings is 1. The van der Waals surface area contributed by atoms with Gasteiger partial charge in [-0.2, -0.15) is 13.1 Å². The maximum atomic E-state index is 13.5. The number of anilines is 1. The van der Waals surface area contributed by atoms with Crippen molar-refractivity contribution in [2.24, 2.45) is 0 Å². The molecule has 6 rings (SSSR count). The molecule has 2 aliphatic rings. The fourth-order valence-electron chi connectivity index (χ4n) is 6.30. The van der Waals surface area contributed by atoms with Gasteiger partial charge in [-0.3, -0.25) is 22.9 Å². The van der Waals surface area contributed by atoms with Crippen LogP contribution in [0.4, 0.5) is 15.4 Å². The molecule has 0 saturated carbocycles. The lowest BCUT2D eigenvalue weighted by atomic mass is 9.94. The van der Waals surface area contributed by atoms with Crippen molar-refractivity contribution in [1.29, 1.82) is 0 Å². The number of amides is 2. The number of carbonyl (C=O) groups excluding carboxylic acids is 3. The molecule has 4 aromatic rings. The first kappa shape index (κ1) is 41.1. The number of nitrogens with one attached hydrogen (secondary N) is 1. The zero-order chi connectivity index (χ0) is 40.7. The fourth-order valence-corrected chi connectivity index (χ4v) is 7.42. The first-order chi connectivity index (χ1) is 26.3. The summed E-state index contributed by atoms with van der Waals surface area (Å²) < 4.78 is 51.8. The molecule has 24 heteroatoms. The van der Waals surface area contributed by atoms with Crippen LogP contribution >= 0.6 is 27.5 Å². The number of ether oxygens (including phenoxy) is 3. The van der Waals surface area contributed by atoms with Crippen molar-refractivity contribution in [3.63, 3.8) is 0 Å². The Kier molecular flexibility index (Phi) is 11.9. The molecule has 5 heterocycles. The summed E-state index contributed by atoms with van der Waals surface area (Å²) >= 11 is 9.45. The van der Waals surface area contributed by atoms with Crippen LogP contribution in [0.1, 0.15) is 46.3 Å². The summed E-state index contributed by atoms with van der Waals surface area (Å²) in [4.78, 5) is 70.5. The van der Waals surface area contributed by atoms with E-state index in [2.05, 4.69) is 35.9 Å². The number of imidazole rings is 1. The number of hydrogen-bond acceptors (Lipinski definition) is 17. The van der Waals surface area contributed by atoms with E-state index in [0.29, 0.717) is 16.4 Å². The highest BCUT2D eigenvalue weighted by molar-refractivity contribution is 9.10.